The average Bonchev–Trinajstić information content (AvgIpc) is 3.09. The molecule has 0 aliphatic carbocycles. The Balaban J connectivity index is 1.59. The summed E-state index contributed by atoms with van der Waals surface area (Å²) in [7, 11) is 0. The van der Waals surface area contributed by atoms with E-state index in [0.717, 1.165) is 24.9 Å². The molecule has 25 heavy (non-hydrogen) atoms. The molecular formula is C19H25N3O2S. The Morgan fingerprint density at radius 3 is 2.76 bits per heavy atom. The van der Waals surface area contributed by atoms with Crippen LogP contribution >= 0.6 is 11.8 Å². The van der Waals surface area contributed by atoms with Gasteiger partial charge in [-0.15, -0.1) is 0 Å². The largest absolute Gasteiger partial charge is 0.339 e. The van der Waals surface area contributed by atoms with E-state index in [4.69, 9.17) is 4.52 Å². The van der Waals surface area contributed by atoms with E-state index >= 15 is 0 Å². The Labute approximate surface area is 153 Å². The second-order valence-corrected chi connectivity index (χ2v) is 7.81. The van der Waals surface area contributed by atoms with Gasteiger partial charge in [0.1, 0.15) is 0 Å². The Morgan fingerprint density at radius 2 is 2.08 bits per heavy atom. The van der Waals surface area contributed by atoms with Gasteiger partial charge in [-0.3, -0.25) is 4.79 Å². The lowest BCUT2D eigenvalue weighted by molar-refractivity contribution is -0.131. The fourth-order valence-electron chi connectivity index (χ4n) is 3.08. The molecule has 134 valence electrons. The molecule has 3 rings (SSSR count). The van der Waals surface area contributed by atoms with Crippen molar-refractivity contribution in [2.75, 3.05) is 12.3 Å². The normalized spacial score (nSPS) is 17.9. The van der Waals surface area contributed by atoms with Crippen molar-refractivity contribution in [1.29, 1.82) is 0 Å². The predicted octanol–water partition coefficient (Wildman–Crippen LogP) is 4.35. The van der Waals surface area contributed by atoms with Crippen LogP contribution in [0.3, 0.4) is 0 Å². The topological polar surface area (TPSA) is 59.2 Å². The summed E-state index contributed by atoms with van der Waals surface area (Å²) >= 11 is 1.32. The maximum atomic E-state index is 12.4. The summed E-state index contributed by atoms with van der Waals surface area (Å²) in [5.41, 5.74) is 2.21. The number of aromatic nitrogens is 2. The molecular weight excluding hydrogens is 334 g/mol. The zero-order valence-electron chi connectivity index (χ0n) is 15.1. The minimum Gasteiger partial charge on any atom is -0.339 e. The van der Waals surface area contributed by atoms with E-state index in [1.165, 1.54) is 23.7 Å². The van der Waals surface area contributed by atoms with Crippen molar-refractivity contribution in [3.8, 4) is 11.4 Å². The average molecular weight is 359 g/mol. The van der Waals surface area contributed by atoms with Crippen LogP contribution in [0.15, 0.2) is 34.0 Å². The molecule has 6 heteroatoms. The first-order valence-corrected chi connectivity index (χ1v) is 9.89. The van der Waals surface area contributed by atoms with Crippen molar-refractivity contribution in [2.45, 2.75) is 57.2 Å². The van der Waals surface area contributed by atoms with Gasteiger partial charge < -0.3 is 9.42 Å². The monoisotopic (exact) mass is 359 g/mol. The number of hydrogen-bond donors (Lipinski definition) is 0. The van der Waals surface area contributed by atoms with Gasteiger partial charge in [0.15, 0.2) is 0 Å². The first-order valence-electron chi connectivity index (χ1n) is 8.91. The smallest absolute Gasteiger partial charge is 0.286 e. The summed E-state index contributed by atoms with van der Waals surface area (Å²) < 4.78 is 5.29. The number of amides is 1. The van der Waals surface area contributed by atoms with Gasteiger partial charge in [0.2, 0.25) is 11.7 Å². The molecule has 0 N–H and O–H groups in total. The highest BCUT2D eigenvalue weighted by Crippen LogP contribution is 2.24. The molecule has 0 saturated carbocycles. The fraction of sp³-hybridized carbons (Fsp3) is 0.526. The number of rotatable bonds is 5. The second kappa shape index (κ2) is 8.04. The lowest BCUT2D eigenvalue weighted by atomic mass is 10.0. The van der Waals surface area contributed by atoms with E-state index in [2.05, 4.69) is 43.0 Å². The van der Waals surface area contributed by atoms with Crippen LogP contribution in [0.1, 0.15) is 51.5 Å². The van der Waals surface area contributed by atoms with E-state index in [0.29, 0.717) is 28.8 Å². The second-order valence-electron chi connectivity index (χ2n) is 6.88. The molecule has 0 unspecified atom stereocenters. The van der Waals surface area contributed by atoms with Crippen LogP contribution in [0.25, 0.3) is 11.4 Å². The Hall–Kier alpha value is -1.82. The molecule has 0 bridgehead atoms. The number of benzene rings is 1. The highest BCUT2D eigenvalue weighted by molar-refractivity contribution is 7.99. The Kier molecular flexibility index (Phi) is 5.78. The minimum absolute atomic E-state index is 0.151. The molecule has 1 aliphatic heterocycles. The van der Waals surface area contributed by atoms with Gasteiger partial charge >= 0.3 is 0 Å². The maximum absolute atomic E-state index is 12.4. The standard InChI is InChI=1S/C19H25N3O2S/c1-13(2)15-7-9-16(10-8-15)18-20-19(24-21-18)25-12-17(23)22-11-5-4-6-14(22)3/h7-10,13-14H,4-6,11-12H2,1-3H3/t14-/m0/s1. The molecule has 0 spiro atoms. The molecule has 1 fully saturated rings. The molecule has 1 aromatic carbocycles. The van der Waals surface area contributed by atoms with Gasteiger partial charge in [-0.25, -0.2) is 0 Å². The van der Waals surface area contributed by atoms with Gasteiger partial charge in [-0.05, 0) is 37.7 Å². The highest BCUT2D eigenvalue weighted by Gasteiger charge is 2.23. The van der Waals surface area contributed by atoms with E-state index in [1.54, 1.807) is 0 Å². The molecule has 1 aliphatic rings. The number of nitrogens with zero attached hydrogens (tertiary/aromatic N) is 3. The third kappa shape index (κ3) is 4.42. The predicted molar refractivity (Wildman–Crippen MR) is 99.6 cm³/mol. The van der Waals surface area contributed by atoms with Gasteiger partial charge in [0.05, 0.1) is 5.75 Å². The molecule has 1 amide bonds. The lowest BCUT2D eigenvalue weighted by Gasteiger charge is -2.33. The first-order chi connectivity index (χ1) is 12.0. The number of hydrogen-bond acceptors (Lipinski definition) is 5. The maximum Gasteiger partial charge on any atom is 0.286 e. The van der Waals surface area contributed by atoms with E-state index in [1.807, 2.05) is 17.0 Å². The summed E-state index contributed by atoms with van der Waals surface area (Å²) in [5, 5.41) is 4.48. The van der Waals surface area contributed by atoms with Gasteiger partial charge in [0.25, 0.3) is 5.22 Å². The van der Waals surface area contributed by atoms with Crippen molar-refractivity contribution in [3.63, 3.8) is 0 Å². The van der Waals surface area contributed by atoms with Crippen LogP contribution in [0.5, 0.6) is 0 Å². The first kappa shape index (κ1) is 18.0. The van der Waals surface area contributed by atoms with E-state index < -0.39 is 0 Å². The van der Waals surface area contributed by atoms with E-state index in [9.17, 15) is 4.79 Å². The number of piperidine rings is 1. The van der Waals surface area contributed by atoms with Crippen LogP contribution in [0.2, 0.25) is 0 Å². The van der Waals surface area contributed by atoms with Crippen molar-refractivity contribution in [3.05, 3.63) is 29.8 Å². The van der Waals surface area contributed by atoms with Crippen molar-refractivity contribution >= 4 is 17.7 Å². The lowest BCUT2D eigenvalue weighted by Crippen LogP contribution is -2.42. The molecule has 1 atom stereocenters. The van der Waals surface area contributed by atoms with Gasteiger partial charge in [-0.2, -0.15) is 4.98 Å². The molecule has 1 saturated heterocycles. The van der Waals surface area contributed by atoms with Crippen molar-refractivity contribution in [1.82, 2.24) is 15.0 Å². The molecule has 1 aromatic heterocycles. The number of likely N-dealkylation sites (tertiary alicyclic amines) is 1. The number of carbonyl (C=O) groups is 1. The van der Waals surface area contributed by atoms with Crippen LogP contribution in [0, 0.1) is 0 Å². The molecule has 0 radical (unpaired) electrons. The zero-order chi connectivity index (χ0) is 17.8. The summed E-state index contributed by atoms with van der Waals surface area (Å²) in [5.74, 6) is 1.56. The Morgan fingerprint density at radius 1 is 1.32 bits per heavy atom. The van der Waals surface area contributed by atoms with Gasteiger partial charge in [-0.1, -0.05) is 55.0 Å². The molecule has 5 nitrogen and oxygen atoms in total. The van der Waals surface area contributed by atoms with Crippen LogP contribution < -0.4 is 0 Å². The van der Waals surface area contributed by atoms with Gasteiger partial charge in [0, 0.05) is 18.2 Å². The third-order valence-electron chi connectivity index (χ3n) is 4.69. The summed E-state index contributed by atoms with van der Waals surface area (Å²) in [6.07, 6.45) is 3.39. The summed E-state index contributed by atoms with van der Waals surface area (Å²) in [6.45, 7) is 7.31. The summed E-state index contributed by atoms with van der Waals surface area (Å²) in [4.78, 5) is 18.8. The van der Waals surface area contributed by atoms with Crippen LogP contribution in [-0.4, -0.2) is 39.3 Å². The highest BCUT2D eigenvalue weighted by atomic mass is 32.2. The quantitative estimate of drug-likeness (QED) is 0.743. The number of carbonyl (C=O) groups excluding carboxylic acids is 1. The van der Waals surface area contributed by atoms with E-state index in [-0.39, 0.29) is 5.91 Å². The number of thioether (sulfide) groups is 1. The van der Waals surface area contributed by atoms with Crippen LogP contribution in [-0.2, 0) is 4.79 Å². The SMILES string of the molecule is CC(C)c1ccc(-c2noc(SCC(=O)N3CCCC[C@@H]3C)n2)cc1. The van der Waals surface area contributed by atoms with Crippen molar-refractivity contribution in [2.24, 2.45) is 0 Å². The minimum atomic E-state index is 0.151. The third-order valence-corrected chi connectivity index (χ3v) is 5.49. The fourth-order valence-corrected chi connectivity index (χ4v) is 3.73. The Bertz CT molecular complexity index is 712. The molecule has 2 aromatic rings. The zero-order valence-corrected chi connectivity index (χ0v) is 15.9. The molecule has 2 heterocycles. The van der Waals surface area contributed by atoms with Crippen LogP contribution in [0.4, 0.5) is 0 Å². The van der Waals surface area contributed by atoms with Crippen molar-refractivity contribution < 1.29 is 9.32 Å². The summed E-state index contributed by atoms with van der Waals surface area (Å²) in [6, 6.07) is 8.53.